The van der Waals surface area contributed by atoms with E-state index in [1.54, 1.807) is 52.3 Å². The molecule has 0 spiro atoms. The number of methoxy groups -OCH3 is 2. The molecule has 5 N–H and O–H groups in total. The molecule has 48 heavy (non-hydrogen) atoms. The average Bonchev–Trinajstić information content (AvgIpc) is 3.66. The Labute approximate surface area is 275 Å². The van der Waals surface area contributed by atoms with E-state index in [2.05, 4.69) is 20.3 Å². The fourth-order valence-corrected chi connectivity index (χ4v) is 6.28. The van der Waals surface area contributed by atoms with Gasteiger partial charge in [-0.1, -0.05) is 68.4 Å². The first-order valence-electron chi connectivity index (χ1n) is 15.4. The normalized spacial score (nSPS) is 20.2. The molecule has 5 unspecified atom stereocenters. The highest BCUT2D eigenvalue weighted by Gasteiger charge is 2.55. The van der Waals surface area contributed by atoms with E-state index in [9.17, 15) is 24.9 Å². The monoisotopic (exact) mass is 655 g/mol. The number of benzene rings is 3. The number of aliphatic hydroxyl groups excluding tert-OH is 3. The Morgan fingerprint density at radius 2 is 1.48 bits per heavy atom. The number of carbonyl (C=O) groups excluding carboxylic acids is 1. The molecule has 5 aromatic rings. The van der Waals surface area contributed by atoms with Gasteiger partial charge in [0, 0.05) is 5.92 Å². The van der Waals surface area contributed by atoms with E-state index < -0.39 is 41.6 Å². The molecule has 0 bridgehead atoms. The summed E-state index contributed by atoms with van der Waals surface area (Å²) in [5.41, 5.74) is -0.0232. The minimum absolute atomic E-state index is 0.00354. The summed E-state index contributed by atoms with van der Waals surface area (Å²) in [7, 11) is 3.12. The van der Waals surface area contributed by atoms with E-state index in [0.29, 0.717) is 28.2 Å². The Hall–Kier alpha value is -5.08. The molecule has 6 rings (SSSR count). The minimum Gasteiger partial charge on any atom is -0.497 e. The SMILES string of the molecule is COc1ccc(C(c2ccccc2)(c2ccc(OC)cc2)C(O)C2OC(n3cnc4c(=O)[nH]c(NC(=O)C(C)C)nc43)C(O)C2O)cc1. The van der Waals surface area contributed by atoms with Gasteiger partial charge in [-0.3, -0.25) is 24.5 Å². The van der Waals surface area contributed by atoms with Gasteiger partial charge in [0.25, 0.3) is 5.56 Å². The maximum atomic E-state index is 12.9. The van der Waals surface area contributed by atoms with Gasteiger partial charge < -0.3 is 29.5 Å². The van der Waals surface area contributed by atoms with Crippen molar-refractivity contribution in [1.82, 2.24) is 19.5 Å². The molecule has 0 aliphatic carbocycles. The Morgan fingerprint density at radius 3 is 2.02 bits per heavy atom. The maximum absolute atomic E-state index is 12.9. The zero-order chi connectivity index (χ0) is 34.2. The number of H-pyrrole nitrogens is 1. The molecule has 0 radical (unpaired) electrons. The highest BCUT2D eigenvalue weighted by Crippen LogP contribution is 2.47. The van der Waals surface area contributed by atoms with E-state index in [1.165, 1.54) is 10.9 Å². The number of aliphatic hydroxyl groups is 3. The summed E-state index contributed by atoms with van der Waals surface area (Å²) < 4.78 is 18.5. The number of rotatable bonds is 10. The van der Waals surface area contributed by atoms with Crippen LogP contribution < -0.4 is 20.3 Å². The van der Waals surface area contributed by atoms with Crippen molar-refractivity contribution in [2.24, 2.45) is 5.92 Å². The zero-order valence-electron chi connectivity index (χ0n) is 26.8. The average molecular weight is 656 g/mol. The number of hydrogen-bond donors (Lipinski definition) is 5. The van der Waals surface area contributed by atoms with E-state index in [4.69, 9.17) is 14.2 Å². The lowest BCUT2D eigenvalue weighted by Crippen LogP contribution is -2.52. The van der Waals surface area contributed by atoms with Crippen LogP contribution in [0.1, 0.15) is 36.8 Å². The lowest BCUT2D eigenvalue weighted by molar-refractivity contribution is -0.118. The summed E-state index contributed by atoms with van der Waals surface area (Å²) in [6.07, 6.45) is -6.08. The van der Waals surface area contributed by atoms with Crippen LogP contribution in [0.5, 0.6) is 11.5 Å². The summed E-state index contributed by atoms with van der Waals surface area (Å²) in [4.78, 5) is 36.2. The van der Waals surface area contributed by atoms with Crippen molar-refractivity contribution < 1.29 is 34.3 Å². The number of aromatic amines is 1. The summed E-state index contributed by atoms with van der Waals surface area (Å²) in [5, 5.41) is 38.2. The van der Waals surface area contributed by atoms with Crippen LogP contribution in [-0.4, -0.2) is 79.4 Å². The summed E-state index contributed by atoms with van der Waals surface area (Å²) in [6.45, 7) is 3.39. The third-order valence-electron chi connectivity index (χ3n) is 8.82. The Bertz CT molecular complexity index is 1890. The van der Waals surface area contributed by atoms with Crippen molar-refractivity contribution in [3.8, 4) is 11.5 Å². The van der Waals surface area contributed by atoms with Gasteiger partial charge in [0.15, 0.2) is 17.4 Å². The van der Waals surface area contributed by atoms with Crippen molar-refractivity contribution in [2.75, 3.05) is 19.5 Å². The van der Waals surface area contributed by atoms with E-state index >= 15 is 0 Å². The quantitative estimate of drug-likeness (QED) is 0.140. The lowest BCUT2D eigenvalue weighted by Gasteiger charge is -2.42. The summed E-state index contributed by atoms with van der Waals surface area (Å²) in [5.74, 6) is 0.356. The number of fused-ring (bicyclic) bond motifs is 1. The van der Waals surface area contributed by atoms with Crippen LogP contribution in [0.3, 0.4) is 0 Å². The molecule has 2 aromatic heterocycles. The number of nitrogens with zero attached hydrogens (tertiary/aromatic N) is 3. The fourth-order valence-electron chi connectivity index (χ4n) is 6.28. The van der Waals surface area contributed by atoms with Gasteiger partial charge in [-0.15, -0.1) is 0 Å². The van der Waals surface area contributed by atoms with Gasteiger partial charge in [-0.05, 0) is 41.0 Å². The molecule has 1 aliphatic heterocycles. The maximum Gasteiger partial charge on any atom is 0.280 e. The number of ether oxygens (including phenoxy) is 3. The number of anilines is 1. The molecule has 250 valence electrons. The first-order valence-corrected chi connectivity index (χ1v) is 15.4. The van der Waals surface area contributed by atoms with Crippen LogP contribution in [0.15, 0.2) is 90.0 Å². The summed E-state index contributed by atoms with van der Waals surface area (Å²) in [6, 6.07) is 23.8. The molecule has 13 heteroatoms. The standard InChI is InChI=1S/C35H37N5O8/c1-19(2)31(44)38-34-37-30-25(32(45)39-34)36-18-40(30)33-27(42)26(41)28(48-33)29(43)35(20-8-6-5-7-9-20,21-10-14-23(46-3)15-11-21)22-12-16-24(47-4)17-13-22/h5-19,26-29,33,41-43H,1-4H3,(H2,37,38,39,44,45). The van der Waals surface area contributed by atoms with Crippen LogP contribution in [-0.2, 0) is 14.9 Å². The van der Waals surface area contributed by atoms with Gasteiger partial charge in [0.05, 0.1) is 26.0 Å². The molecule has 3 heterocycles. The van der Waals surface area contributed by atoms with Crippen LogP contribution >= 0.6 is 0 Å². The Morgan fingerprint density at radius 1 is 0.917 bits per heavy atom. The molecule has 1 fully saturated rings. The first-order chi connectivity index (χ1) is 23.1. The van der Waals surface area contributed by atoms with Crippen molar-refractivity contribution in [3.05, 3.63) is 112 Å². The molecule has 0 saturated carbocycles. The van der Waals surface area contributed by atoms with Crippen molar-refractivity contribution in [2.45, 2.75) is 49.9 Å². The zero-order valence-corrected chi connectivity index (χ0v) is 26.8. The van der Waals surface area contributed by atoms with Gasteiger partial charge in [-0.25, -0.2) is 4.98 Å². The second-order valence-electron chi connectivity index (χ2n) is 11.9. The van der Waals surface area contributed by atoms with E-state index in [-0.39, 0.29) is 28.9 Å². The van der Waals surface area contributed by atoms with Crippen LogP contribution in [0, 0.1) is 5.92 Å². The van der Waals surface area contributed by atoms with Crippen molar-refractivity contribution >= 4 is 23.0 Å². The Balaban J connectivity index is 1.48. The number of nitrogens with one attached hydrogen (secondary N) is 2. The fraction of sp³-hybridized carbons (Fsp3) is 0.314. The number of imidazole rings is 1. The molecular formula is C35H37N5O8. The third-order valence-corrected chi connectivity index (χ3v) is 8.82. The second-order valence-corrected chi connectivity index (χ2v) is 11.9. The van der Waals surface area contributed by atoms with E-state index in [0.717, 1.165) is 0 Å². The van der Waals surface area contributed by atoms with Crippen LogP contribution in [0.4, 0.5) is 5.95 Å². The molecule has 13 nitrogen and oxygen atoms in total. The largest absolute Gasteiger partial charge is 0.497 e. The summed E-state index contributed by atoms with van der Waals surface area (Å²) >= 11 is 0. The second kappa shape index (κ2) is 13.2. The molecule has 3 aromatic carbocycles. The molecule has 1 saturated heterocycles. The van der Waals surface area contributed by atoms with Crippen LogP contribution in [0.2, 0.25) is 0 Å². The van der Waals surface area contributed by atoms with Crippen molar-refractivity contribution in [1.29, 1.82) is 0 Å². The minimum atomic E-state index is -1.59. The van der Waals surface area contributed by atoms with Gasteiger partial charge in [0.1, 0.15) is 35.9 Å². The molecule has 1 amide bonds. The molecular weight excluding hydrogens is 618 g/mol. The predicted molar refractivity (Wildman–Crippen MR) is 176 cm³/mol. The number of hydrogen-bond acceptors (Lipinski definition) is 10. The third kappa shape index (κ3) is 5.60. The van der Waals surface area contributed by atoms with Gasteiger partial charge >= 0.3 is 0 Å². The number of amides is 1. The van der Waals surface area contributed by atoms with Gasteiger partial charge in [0.2, 0.25) is 11.9 Å². The number of aromatic nitrogens is 4. The highest BCUT2D eigenvalue weighted by molar-refractivity contribution is 5.91. The smallest absolute Gasteiger partial charge is 0.280 e. The van der Waals surface area contributed by atoms with Crippen molar-refractivity contribution in [3.63, 3.8) is 0 Å². The highest BCUT2D eigenvalue weighted by atomic mass is 16.6. The molecule has 5 atom stereocenters. The number of carbonyl (C=O) groups is 1. The van der Waals surface area contributed by atoms with E-state index in [1.807, 2.05) is 54.6 Å². The molecule has 1 aliphatic rings. The lowest BCUT2D eigenvalue weighted by atomic mass is 9.64. The Kier molecular flexibility index (Phi) is 9.03. The first kappa shape index (κ1) is 32.8. The van der Waals surface area contributed by atoms with Crippen LogP contribution in [0.25, 0.3) is 11.2 Å². The predicted octanol–water partition coefficient (Wildman–Crippen LogP) is 2.75. The van der Waals surface area contributed by atoms with Gasteiger partial charge in [-0.2, -0.15) is 4.98 Å². The topological polar surface area (TPSA) is 181 Å².